The molecular weight excluding hydrogens is 242 g/mol. The molecule has 0 aromatic heterocycles. The smallest absolute Gasteiger partial charge is 0.319 e. The molecule has 0 spiro atoms. The van der Waals surface area contributed by atoms with Gasteiger partial charge < -0.3 is 20.7 Å². The van der Waals surface area contributed by atoms with Crippen molar-refractivity contribution in [1.82, 2.24) is 10.6 Å². The molecule has 1 aromatic rings. The maximum absolute atomic E-state index is 11.9. The number of piperidine rings is 1. The predicted molar refractivity (Wildman–Crippen MR) is 75.6 cm³/mol. The number of carbonyl (C=O) groups excluding carboxylic acids is 1. The van der Waals surface area contributed by atoms with Crippen molar-refractivity contribution in [2.75, 3.05) is 19.0 Å². The number of urea groups is 1. The fraction of sp³-hybridized carbons (Fsp3) is 0.500. The topological polar surface area (TPSA) is 62.4 Å². The van der Waals surface area contributed by atoms with Crippen LogP contribution in [0.2, 0.25) is 0 Å². The monoisotopic (exact) mass is 263 g/mol. The molecule has 3 N–H and O–H groups in total. The van der Waals surface area contributed by atoms with Crippen LogP contribution in [-0.4, -0.2) is 31.8 Å². The summed E-state index contributed by atoms with van der Waals surface area (Å²) in [5.74, 6) is 0.774. The van der Waals surface area contributed by atoms with Gasteiger partial charge in [0, 0.05) is 17.8 Å². The number of methoxy groups -OCH3 is 1. The van der Waals surface area contributed by atoms with E-state index in [9.17, 15) is 4.79 Å². The molecule has 5 heteroatoms. The van der Waals surface area contributed by atoms with Gasteiger partial charge in [0.2, 0.25) is 0 Å². The van der Waals surface area contributed by atoms with Gasteiger partial charge in [-0.1, -0.05) is 0 Å². The Hall–Kier alpha value is -1.75. The Morgan fingerprint density at radius 3 is 2.74 bits per heavy atom. The quantitative estimate of drug-likeness (QED) is 0.781. The zero-order valence-corrected chi connectivity index (χ0v) is 11.4. The van der Waals surface area contributed by atoms with Crippen LogP contribution >= 0.6 is 0 Å². The Kier molecular flexibility index (Phi) is 4.63. The highest BCUT2D eigenvalue weighted by Crippen LogP contribution is 2.15. The van der Waals surface area contributed by atoms with E-state index in [1.807, 2.05) is 24.3 Å². The first-order valence-electron chi connectivity index (χ1n) is 6.64. The fourth-order valence-corrected chi connectivity index (χ4v) is 2.25. The van der Waals surface area contributed by atoms with E-state index in [2.05, 4.69) is 22.9 Å². The minimum Gasteiger partial charge on any atom is -0.497 e. The zero-order valence-electron chi connectivity index (χ0n) is 11.4. The second-order valence-electron chi connectivity index (χ2n) is 4.82. The third-order valence-corrected chi connectivity index (χ3v) is 3.43. The van der Waals surface area contributed by atoms with Crippen molar-refractivity contribution in [1.29, 1.82) is 0 Å². The number of amides is 2. The Labute approximate surface area is 113 Å². The van der Waals surface area contributed by atoms with Crippen LogP contribution in [0.5, 0.6) is 5.75 Å². The van der Waals surface area contributed by atoms with Gasteiger partial charge in [0.1, 0.15) is 5.75 Å². The minimum atomic E-state index is -0.161. The minimum absolute atomic E-state index is 0.161. The summed E-state index contributed by atoms with van der Waals surface area (Å²) in [5, 5.41) is 9.19. The van der Waals surface area contributed by atoms with Crippen molar-refractivity contribution < 1.29 is 9.53 Å². The molecule has 2 unspecified atom stereocenters. The predicted octanol–water partition coefficient (Wildman–Crippen LogP) is 1.96. The Bertz CT molecular complexity index is 419. The lowest BCUT2D eigenvalue weighted by atomic mass is 10.0. The maximum Gasteiger partial charge on any atom is 0.319 e. The summed E-state index contributed by atoms with van der Waals surface area (Å²) in [6, 6.07) is 7.62. The van der Waals surface area contributed by atoms with Crippen molar-refractivity contribution in [3.05, 3.63) is 24.3 Å². The average molecular weight is 263 g/mol. The second-order valence-corrected chi connectivity index (χ2v) is 4.82. The lowest BCUT2D eigenvalue weighted by Gasteiger charge is -2.30. The summed E-state index contributed by atoms with van der Waals surface area (Å²) in [6.07, 6.45) is 2.11. The van der Waals surface area contributed by atoms with Crippen molar-refractivity contribution >= 4 is 11.7 Å². The van der Waals surface area contributed by atoms with Gasteiger partial charge in [0.05, 0.1) is 7.11 Å². The largest absolute Gasteiger partial charge is 0.497 e. The molecule has 0 bridgehead atoms. The van der Waals surface area contributed by atoms with Gasteiger partial charge in [-0.3, -0.25) is 0 Å². The molecule has 1 saturated heterocycles. The number of nitrogens with one attached hydrogen (secondary N) is 3. The van der Waals surface area contributed by atoms with Gasteiger partial charge in [-0.15, -0.1) is 0 Å². The first kappa shape index (κ1) is 13.7. The number of hydrogen-bond acceptors (Lipinski definition) is 3. The lowest BCUT2D eigenvalue weighted by molar-refractivity contribution is 0.239. The van der Waals surface area contributed by atoms with E-state index in [0.717, 1.165) is 30.8 Å². The first-order chi connectivity index (χ1) is 9.19. The van der Waals surface area contributed by atoms with Crippen molar-refractivity contribution in [3.8, 4) is 5.75 Å². The molecule has 0 aliphatic carbocycles. The van der Waals surface area contributed by atoms with E-state index in [1.54, 1.807) is 7.11 Å². The van der Waals surface area contributed by atoms with E-state index in [0.29, 0.717) is 6.04 Å². The van der Waals surface area contributed by atoms with Crippen LogP contribution in [-0.2, 0) is 0 Å². The SMILES string of the molecule is COc1ccc(NC(=O)NC2CCCNC2C)cc1. The number of hydrogen-bond donors (Lipinski definition) is 3. The number of rotatable bonds is 3. The molecule has 1 fully saturated rings. The summed E-state index contributed by atoms with van der Waals surface area (Å²) in [7, 11) is 1.62. The Morgan fingerprint density at radius 2 is 2.11 bits per heavy atom. The normalized spacial score (nSPS) is 22.6. The van der Waals surface area contributed by atoms with Gasteiger partial charge in [-0.05, 0) is 50.6 Å². The number of benzene rings is 1. The number of carbonyl (C=O) groups is 1. The molecule has 2 rings (SSSR count). The summed E-state index contributed by atoms with van der Waals surface area (Å²) < 4.78 is 5.07. The van der Waals surface area contributed by atoms with E-state index in [4.69, 9.17) is 4.74 Å². The van der Waals surface area contributed by atoms with E-state index in [-0.39, 0.29) is 12.1 Å². The van der Waals surface area contributed by atoms with Gasteiger partial charge in [-0.25, -0.2) is 4.79 Å². The van der Waals surface area contributed by atoms with Crippen LogP contribution in [0.15, 0.2) is 24.3 Å². The van der Waals surface area contributed by atoms with E-state index >= 15 is 0 Å². The van der Waals surface area contributed by atoms with Crippen molar-refractivity contribution in [2.24, 2.45) is 0 Å². The Balaban J connectivity index is 1.86. The molecule has 2 atom stereocenters. The summed E-state index contributed by atoms with van der Waals surface area (Å²) in [5.41, 5.74) is 0.759. The van der Waals surface area contributed by atoms with Crippen LogP contribution in [0.3, 0.4) is 0 Å². The first-order valence-corrected chi connectivity index (χ1v) is 6.64. The zero-order chi connectivity index (χ0) is 13.7. The molecule has 1 aliphatic heterocycles. The average Bonchev–Trinajstić information content (AvgIpc) is 2.42. The summed E-state index contributed by atoms with van der Waals surface area (Å²) in [4.78, 5) is 11.9. The Morgan fingerprint density at radius 1 is 1.37 bits per heavy atom. The molecule has 0 radical (unpaired) electrons. The fourth-order valence-electron chi connectivity index (χ4n) is 2.25. The molecule has 19 heavy (non-hydrogen) atoms. The van der Waals surface area contributed by atoms with Gasteiger partial charge in [0.15, 0.2) is 0 Å². The van der Waals surface area contributed by atoms with Crippen LogP contribution in [0.4, 0.5) is 10.5 Å². The van der Waals surface area contributed by atoms with Crippen LogP contribution < -0.4 is 20.7 Å². The second kappa shape index (κ2) is 6.43. The van der Waals surface area contributed by atoms with E-state index < -0.39 is 0 Å². The maximum atomic E-state index is 11.9. The highest BCUT2D eigenvalue weighted by molar-refractivity contribution is 5.89. The number of anilines is 1. The van der Waals surface area contributed by atoms with E-state index in [1.165, 1.54) is 0 Å². The van der Waals surface area contributed by atoms with Gasteiger partial charge >= 0.3 is 6.03 Å². The van der Waals surface area contributed by atoms with Crippen LogP contribution in [0, 0.1) is 0 Å². The van der Waals surface area contributed by atoms with Crippen molar-refractivity contribution in [3.63, 3.8) is 0 Å². The van der Waals surface area contributed by atoms with Gasteiger partial charge in [-0.2, -0.15) is 0 Å². The third-order valence-electron chi connectivity index (χ3n) is 3.43. The molecular formula is C14H21N3O2. The molecule has 1 aliphatic rings. The summed E-state index contributed by atoms with van der Waals surface area (Å²) >= 11 is 0. The molecule has 1 aromatic carbocycles. The molecule has 5 nitrogen and oxygen atoms in total. The molecule has 1 heterocycles. The van der Waals surface area contributed by atoms with Crippen LogP contribution in [0.1, 0.15) is 19.8 Å². The lowest BCUT2D eigenvalue weighted by Crippen LogP contribution is -2.52. The highest BCUT2D eigenvalue weighted by atomic mass is 16.5. The van der Waals surface area contributed by atoms with Crippen LogP contribution in [0.25, 0.3) is 0 Å². The highest BCUT2D eigenvalue weighted by Gasteiger charge is 2.22. The third kappa shape index (κ3) is 3.86. The molecule has 0 saturated carbocycles. The molecule has 2 amide bonds. The number of ether oxygens (including phenoxy) is 1. The molecule has 104 valence electrons. The van der Waals surface area contributed by atoms with Crippen molar-refractivity contribution in [2.45, 2.75) is 31.8 Å². The standard InChI is InChI=1S/C14H21N3O2/c1-10-13(4-3-9-15-10)17-14(18)16-11-5-7-12(19-2)8-6-11/h5-8,10,13,15H,3-4,9H2,1-2H3,(H2,16,17,18). The van der Waals surface area contributed by atoms with Gasteiger partial charge in [0.25, 0.3) is 0 Å². The summed E-state index contributed by atoms with van der Waals surface area (Å²) in [6.45, 7) is 3.12.